The van der Waals surface area contributed by atoms with Gasteiger partial charge in [-0.15, -0.1) is 0 Å². The topological polar surface area (TPSA) is 86.8 Å². The predicted molar refractivity (Wildman–Crippen MR) is 141 cm³/mol. The Morgan fingerprint density at radius 2 is 1.66 bits per heavy atom. The normalized spacial score (nSPS) is 12.2. The molecule has 0 aromatic heterocycles. The molecule has 0 aliphatic carbocycles. The summed E-state index contributed by atoms with van der Waals surface area (Å²) in [5.74, 6) is -0.699. The van der Waals surface area contributed by atoms with Crippen LogP contribution in [0.25, 0.3) is 10.8 Å². The maximum Gasteiger partial charge on any atom is 0.244 e. The van der Waals surface area contributed by atoms with Crippen molar-refractivity contribution < 1.29 is 18.0 Å². The summed E-state index contributed by atoms with van der Waals surface area (Å²) < 4.78 is 26.9. The Balaban J connectivity index is 2.03. The third-order valence-electron chi connectivity index (χ3n) is 5.89. The molecular formula is C27H33N3O4S. The zero-order valence-corrected chi connectivity index (χ0v) is 21.5. The largest absolute Gasteiger partial charge is 0.355 e. The minimum atomic E-state index is -3.80. The first-order valence-electron chi connectivity index (χ1n) is 11.7. The number of amides is 2. The minimum absolute atomic E-state index is 0.198. The third kappa shape index (κ3) is 6.39. The molecule has 0 fully saturated rings. The van der Waals surface area contributed by atoms with Gasteiger partial charge in [-0.1, -0.05) is 73.2 Å². The lowest BCUT2D eigenvalue weighted by Crippen LogP contribution is -2.52. The number of hydrogen-bond donors (Lipinski definition) is 1. The third-order valence-corrected chi connectivity index (χ3v) is 7.01. The van der Waals surface area contributed by atoms with Gasteiger partial charge in [0.15, 0.2) is 0 Å². The van der Waals surface area contributed by atoms with Gasteiger partial charge in [0.25, 0.3) is 0 Å². The molecule has 0 aliphatic rings. The predicted octanol–water partition coefficient (Wildman–Crippen LogP) is 3.86. The van der Waals surface area contributed by atoms with Crippen molar-refractivity contribution in [3.8, 4) is 0 Å². The number of fused-ring (bicyclic) bond motifs is 1. The molecular weight excluding hydrogens is 462 g/mol. The Kier molecular flexibility index (Phi) is 8.51. The van der Waals surface area contributed by atoms with Gasteiger partial charge >= 0.3 is 0 Å². The van der Waals surface area contributed by atoms with Gasteiger partial charge < -0.3 is 10.2 Å². The highest BCUT2D eigenvalue weighted by atomic mass is 32.2. The molecule has 1 atom stereocenters. The molecule has 0 heterocycles. The van der Waals surface area contributed by atoms with Crippen molar-refractivity contribution >= 4 is 38.3 Å². The standard InChI is InChI=1S/C27H33N3O4S/c1-5-24(27(32)28-6-2)29(18-21-12-9-11-20(3)17-21)26(31)19-30(35(4,33)34)25-16-10-14-22-13-7-8-15-23(22)25/h7-17,24H,5-6,18-19H2,1-4H3,(H,28,32)/t24-/m0/s1. The lowest BCUT2D eigenvalue weighted by Gasteiger charge is -2.33. The lowest BCUT2D eigenvalue weighted by atomic mass is 10.1. The quantitative estimate of drug-likeness (QED) is 0.463. The Labute approximate surface area is 207 Å². The first-order chi connectivity index (χ1) is 16.7. The van der Waals surface area contributed by atoms with Gasteiger partial charge in [0.1, 0.15) is 12.6 Å². The Morgan fingerprint density at radius 3 is 2.31 bits per heavy atom. The van der Waals surface area contributed by atoms with Crippen LogP contribution in [0.4, 0.5) is 5.69 Å². The number of sulfonamides is 1. The van der Waals surface area contributed by atoms with Gasteiger partial charge in [0, 0.05) is 18.5 Å². The van der Waals surface area contributed by atoms with Gasteiger partial charge in [0.05, 0.1) is 11.9 Å². The van der Waals surface area contributed by atoms with E-state index in [2.05, 4.69) is 5.32 Å². The van der Waals surface area contributed by atoms with Crippen LogP contribution in [0.5, 0.6) is 0 Å². The van der Waals surface area contributed by atoms with Gasteiger partial charge in [-0.3, -0.25) is 13.9 Å². The summed E-state index contributed by atoms with van der Waals surface area (Å²) in [6.45, 7) is 5.85. The molecule has 35 heavy (non-hydrogen) atoms. The highest BCUT2D eigenvalue weighted by Crippen LogP contribution is 2.28. The minimum Gasteiger partial charge on any atom is -0.355 e. The van der Waals surface area contributed by atoms with Crippen LogP contribution in [0.1, 0.15) is 31.4 Å². The molecule has 8 heteroatoms. The fourth-order valence-corrected chi connectivity index (χ4v) is 5.10. The van der Waals surface area contributed by atoms with Crippen LogP contribution >= 0.6 is 0 Å². The molecule has 0 saturated carbocycles. The second-order valence-electron chi connectivity index (χ2n) is 8.60. The van der Waals surface area contributed by atoms with Crippen molar-refractivity contribution in [3.05, 3.63) is 77.9 Å². The van der Waals surface area contributed by atoms with Crippen LogP contribution in [0, 0.1) is 6.92 Å². The molecule has 3 rings (SSSR count). The van der Waals surface area contributed by atoms with E-state index in [1.165, 1.54) is 4.90 Å². The first kappa shape index (κ1) is 26.2. The second kappa shape index (κ2) is 11.4. The van der Waals surface area contributed by atoms with E-state index >= 15 is 0 Å². The van der Waals surface area contributed by atoms with Crippen LogP contribution < -0.4 is 9.62 Å². The summed E-state index contributed by atoms with van der Waals surface area (Å²) in [4.78, 5) is 28.1. The summed E-state index contributed by atoms with van der Waals surface area (Å²) in [7, 11) is -3.80. The maximum absolute atomic E-state index is 13.7. The molecule has 0 aliphatic heterocycles. The van der Waals surface area contributed by atoms with E-state index in [1.54, 1.807) is 12.1 Å². The van der Waals surface area contributed by atoms with Gasteiger partial charge in [-0.05, 0) is 37.3 Å². The van der Waals surface area contributed by atoms with E-state index in [1.807, 2.05) is 75.4 Å². The Hall–Kier alpha value is -3.39. The maximum atomic E-state index is 13.7. The van der Waals surface area contributed by atoms with Crippen LogP contribution in [-0.2, 0) is 26.2 Å². The van der Waals surface area contributed by atoms with E-state index in [9.17, 15) is 18.0 Å². The van der Waals surface area contributed by atoms with E-state index in [0.717, 1.165) is 32.5 Å². The number of nitrogens with zero attached hydrogens (tertiary/aromatic N) is 2. The van der Waals surface area contributed by atoms with E-state index in [4.69, 9.17) is 0 Å². The number of likely N-dealkylation sites (N-methyl/N-ethyl adjacent to an activating group) is 1. The Morgan fingerprint density at radius 1 is 0.971 bits per heavy atom. The van der Waals surface area contributed by atoms with E-state index in [0.29, 0.717) is 18.7 Å². The molecule has 0 radical (unpaired) electrons. The van der Waals surface area contributed by atoms with Crippen molar-refractivity contribution in [1.82, 2.24) is 10.2 Å². The second-order valence-corrected chi connectivity index (χ2v) is 10.5. The Bertz CT molecular complexity index is 1300. The molecule has 3 aromatic carbocycles. The molecule has 1 N–H and O–H groups in total. The summed E-state index contributed by atoms with van der Waals surface area (Å²) in [6, 6.07) is 19.8. The number of aryl methyl sites for hydroxylation is 1. The number of nitrogens with one attached hydrogen (secondary N) is 1. The number of carbonyl (C=O) groups is 2. The molecule has 0 unspecified atom stereocenters. The average Bonchev–Trinajstić information content (AvgIpc) is 2.81. The highest BCUT2D eigenvalue weighted by molar-refractivity contribution is 7.92. The summed E-state index contributed by atoms with van der Waals surface area (Å²) in [6.07, 6.45) is 1.49. The average molecular weight is 496 g/mol. The molecule has 186 valence electrons. The van der Waals surface area contributed by atoms with Gasteiger partial charge in [-0.2, -0.15) is 0 Å². The molecule has 0 saturated heterocycles. The number of benzene rings is 3. The van der Waals surface area contributed by atoms with Crippen molar-refractivity contribution in [2.24, 2.45) is 0 Å². The lowest BCUT2D eigenvalue weighted by molar-refractivity contribution is -0.140. The van der Waals surface area contributed by atoms with E-state index < -0.39 is 28.5 Å². The molecule has 0 bridgehead atoms. The molecule has 7 nitrogen and oxygen atoms in total. The molecule has 0 spiro atoms. The number of anilines is 1. The van der Waals surface area contributed by atoms with Crippen LogP contribution in [0.2, 0.25) is 0 Å². The number of carbonyl (C=O) groups excluding carboxylic acids is 2. The van der Waals surface area contributed by atoms with Crippen molar-refractivity contribution in [2.75, 3.05) is 23.7 Å². The van der Waals surface area contributed by atoms with Gasteiger partial charge in [-0.25, -0.2) is 8.42 Å². The summed E-state index contributed by atoms with van der Waals surface area (Å²) in [5, 5.41) is 4.41. The fraction of sp³-hybridized carbons (Fsp3) is 0.333. The monoisotopic (exact) mass is 495 g/mol. The molecule has 2 amide bonds. The SMILES string of the molecule is CCNC(=O)[C@H](CC)N(Cc1cccc(C)c1)C(=O)CN(c1cccc2ccccc12)S(C)(=O)=O. The van der Waals surface area contributed by atoms with Crippen LogP contribution in [0.15, 0.2) is 66.7 Å². The van der Waals surface area contributed by atoms with Crippen molar-refractivity contribution in [1.29, 1.82) is 0 Å². The summed E-state index contributed by atoms with van der Waals surface area (Å²) >= 11 is 0. The molecule has 3 aromatic rings. The van der Waals surface area contributed by atoms with Crippen LogP contribution in [0.3, 0.4) is 0 Å². The van der Waals surface area contributed by atoms with E-state index in [-0.39, 0.29) is 12.5 Å². The number of hydrogen-bond acceptors (Lipinski definition) is 4. The highest BCUT2D eigenvalue weighted by Gasteiger charge is 2.32. The fourth-order valence-electron chi connectivity index (χ4n) is 4.24. The number of rotatable bonds is 10. The zero-order valence-electron chi connectivity index (χ0n) is 20.7. The van der Waals surface area contributed by atoms with Crippen molar-refractivity contribution in [2.45, 2.75) is 39.8 Å². The van der Waals surface area contributed by atoms with Crippen molar-refractivity contribution in [3.63, 3.8) is 0 Å². The smallest absolute Gasteiger partial charge is 0.244 e. The summed E-state index contributed by atoms with van der Waals surface area (Å²) in [5.41, 5.74) is 2.34. The van der Waals surface area contributed by atoms with Crippen LogP contribution in [-0.4, -0.2) is 50.5 Å². The first-order valence-corrected chi connectivity index (χ1v) is 13.6. The van der Waals surface area contributed by atoms with Gasteiger partial charge in [0.2, 0.25) is 21.8 Å². The zero-order chi connectivity index (χ0) is 25.6.